The van der Waals surface area contributed by atoms with Gasteiger partial charge in [0.2, 0.25) is 5.56 Å². The quantitative estimate of drug-likeness (QED) is 0.718. The van der Waals surface area contributed by atoms with E-state index < -0.39 is 5.82 Å². The van der Waals surface area contributed by atoms with Crippen LogP contribution in [0.3, 0.4) is 0 Å². The van der Waals surface area contributed by atoms with Gasteiger partial charge in [0.1, 0.15) is 11.6 Å². The number of nitrogens with one attached hydrogen (secondary N) is 1. The Kier molecular flexibility index (Phi) is 2.95. The van der Waals surface area contributed by atoms with Crippen molar-refractivity contribution < 1.29 is 9.50 Å². The predicted molar refractivity (Wildman–Crippen MR) is 76.6 cm³/mol. The summed E-state index contributed by atoms with van der Waals surface area (Å²) in [7, 11) is 0. The summed E-state index contributed by atoms with van der Waals surface area (Å²) < 4.78 is 13.9. The molecule has 3 rings (SSSR count). The first-order valence-electron chi connectivity index (χ1n) is 5.86. The summed E-state index contributed by atoms with van der Waals surface area (Å²) in [6.45, 7) is 0. The van der Waals surface area contributed by atoms with Gasteiger partial charge in [-0.3, -0.25) is 4.79 Å². The summed E-state index contributed by atoms with van der Waals surface area (Å²) in [6.07, 6.45) is 0. The molecule has 5 heteroatoms. The number of phenolic OH excluding ortho intramolecular Hbond substituents is 1. The predicted octanol–water partition coefficient (Wildman–Crippen LogP) is 3.69. The van der Waals surface area contributed by atoms with Crippen molar-refractivity contribution in [3.63, 3.8) is 0 Å². The van der Waals surface area contributed by atoms with E-state index in [2.05, 4.69) is 4.98 Å². The minimum absolute atomic E-state index is 0.0723. The van der Waals surface area contributed by atoms with Gasteiger partial charge in [-0.25, -0.2) is 4.39 Å². The average molecular weight is 290 g/mol. The minimum Gasteiger partial charge on any atom is -0.506 e. The Morgan fingerprint density at radius 3 is 2.65 bits per heavy atom. The second-order valence-corrected chi connectivity index (χ2v) is 4.82. The van der Waals surface area contributed by atoms with Gasteiger partial charge < -0.3 is 10.1 Å². The maximum absolute atomic E-state index is 13.9. The highest BCUT2D eigenvalue weighted by Gasteiger charge is 2.10. The molecule has 2 N–H and O–H groups in total. The van der Waals surface area contributed by atoms with Crippen LogP contribution < -0.4 is 5.56 Å². The molecule has 0 aliphatic rings. The summed E-state index contributed by atoms with van der Waals surface area (Å²) in [6, 6.07) is 10.6. The van der Waals surface area contributed by atoms with E-state index in [1.807, 2.05) is 0 Å². The molecule has 0 aliphatic carbocycles. The van der Waals surface area contributed by atoms with Crippen molar-refractivity contribution in [2.45, 2.75) is 0 Å². The number of benzene rings is 2. The van der Waals surface area contributed by atoms with Crippen LogP contribution in [0.15, 0.2) is 47.3 Å². The van der Waals surface area contributed by atoms with E-state index in [0.717, 1.165) is 11.5 Å². The molecular weight excluding hydrogens is 281 g/mol. The SMILES string of the molecule is O=c1ccc2ccc(-c3cc(Cl)c(O)cc3F)cc2[nH]1. The van der Waals surface area contributed by atoms with Gasteiger partial charge in [-0.2, -0.15) is 0 Å². The van der Waals surface area contributed by atoms with E-state index >= 15 is 0 Å². The maximum atomic E-state index is 13.9. The van der Waals surface area contributed by atoms with Crippen molar-refractivity contribution in [1.82, 2.24) is 4.98 Å². The molecule has 0 aliphatic heterocycles. The van der Waals surface area contributed by atoms with Gasteiger partial charge in [0.25, 0.3) is 0 Å². The van der Waals surface area contributed by atoms with Crippen molar-refractivity contribution in [3.8, 4) is 16.9 Å². The van der Waals surface area contributed by atoms with Gasteiger partial charge in [0, 0.05) is 23.2 Å². The van der Waals surface area contributed by atoms with Crippen LogP contribution in [0.1, 0.15) is 0 Å². The van der Waals surface area contributed by atoms with Crippen LogP contribution in [0.25, 0.3) is 22.0 Å². The second-order valence-electron chi connectivity index (χ2n) is 4.41. The van der Waals surface area contributed by atoms with E-state index in [0.29, 0.717) is 11.1 Å². The normalized spacial score (nSPS) is 10.9. The molecule has 0 saturated carbocycles. The number of halogens is 2. The molecule has 0 atom stereocenters. The molecule has 0 bridgehead atoms. The van der Waals surface area contributed by atoms with Gasteiger partial charge in [0.15, 0.2) is 0 Å². The first kappa shape index (κ1) is 12.7. The zero-order chi connectivity index (χ0) is 14.3. The highest BCUT2D eigenvalue weighted by Crippen LogP contribution is 2.33. The fourth-order valence-corrected chi connectivity index (χ4v) is 2.24. The van der Waals surface area contributed by atoms with Crippen LogP contribution in [-0.2, 0) is 0 Å². The summed E-state index contributed by atoms with van der Waals surface area (Å²) in [5.41, 5.74) is 1.22. The fourth-order valence-electron chi connectivity index (χ4n) is 2.07. The van der Waals surface area contributed by atoms with Crippen molar-refractivity contribution in [1.29, 1.82) is 0 Å². The monoisotopic (exact) mass is 289 g/mol. The Morgan fingerprint density at radius 2 is 1.85 bits per heavy atom. The molecule has 20 heavy (non-hydrogen) atoms. The van der Waals surface area contributed by atoms with Crippen molar-refractivity contribution in [2.75, 3.05) is 0 Å². The van der Waals surface area contributed by atoms with Crippen LogP contribution in [0.4, 0.5) is 4.39 Å². The number of aromatic nitrogens is 1. The van der Waals surface area contributed by atoms with Crippen molar-refractivity contribution in [3.05, 3.63) is 63.7 Å². The van der Waals surface area contributed by atoms with E-state index in [9.17, 15) is 14.3 Å². The number of hydrogen-bond donors (Lipinski definition) is 2. The second kappa shape index (κ2) is 4.65. The number of pyridine rings is 1. The van der Waals surface area contributed by atoms with Crippen LogP contribution in [0.2, 0.25) is 5.02 Å². The molecular formula is C15H9ClFNO2. The van der Waals surface area contributed by atoms with Crippen LogP contribution in [-0.4, -0.2) is 10.1 Å². The molecule has 0 unspecified atom stereocenters. The lowest BCUT2D eigenvalue weighted by Gasteiger charge is -2.07. The molecule has 0 saturated heterocycles. The third-order valence-corrected chi connectivity index (χ3v) is 3.38. The third-order valence-electron chi connectivity index (χ3n) is 3.07. The topological polar surface area (TPSA) is 53.1 Å². The lowest BCUT2D eigenvalue weighted by Crippen LogP contribution is -2.02. The van der Waals surface area contributed by atoms with Gasteiger partial charge in [-0.15, -0.1) is 0 Å². The van der Waals surface area contributed by atoms with Crippen LogP contribution in [0, 0.1) is 5.82 Å². The van der Waals surface area contributed by atoms with E-state index in [4.69, 9.17) is 11.6 Å². The Balaban J connectivity index is 2.24. The van der Waals surface area contributed by atoms with Gasteiger partial charge in [-0.1, -0.05) is 23.7 Å². The molecule has 1 heterocycles. The number of rotatable bonds is 1. The molecule has 0 fully saturated rings. The molecule has 2 aromatic carbocycles. The largest absolute Gasteiger partial charge is 0.506 e. The molecule has 1 aromatic heterocycles. The highest BCUT2D eigenvalue weighted by molar-refractivity contribution is 6.32. The molecule has 3 aromatic rings. The zero-order valence-corrected chi connectivity index (χ0v) is 10.9. The van der Waals surface area contributed by atoms with Gasteiger partial charge >= 0.3 is 0 Å². The lowest BCUT2D eigenvalue weighted by molar-refractivity contribution is 0.470. The first-order valence-corrected chi connectivity index (χ1v) is 6.24. The summed E-state index contributed by atoms with van der Waals surface area (Å²) in [5, 5.41) is 10.3. The van der Waals surface area contributed by atoms with Gasteiger partial charge in [0.05, 0.1) is 5.02 Å². The summed E-state index contributed by atoms with van der Waals surface area (Å²) >= 11 is 5.80. The number of phenols is 1. The van der Waals surface area contributed by atoms with Crippen LogP contribution >= 0.6 is 11.6 Å². The number of fused-ring (bicyclic) bond motifs is 1. The third kappa shape index (κ3) is 2.14. The Hall–Kier alpha value is -2.33. The van der Waals surface area contributed by atoms with Gasteiger partial charge in [-0.05, 0) is 29.1 Å². The standard InChI is InChI=1S/C15H9ClFNO2/c16-11-6-10(12(17)7-14(11)19)9-2-1-8-3-4-15(20)18-13(8)5-9/h1-7,19H,(H,18,20). The summed E-state index contributed by atoms with van der Waals surface area (Å²) in [4.78, 5) is 14.0. The molecule has 0 radical (unpaired) electrons. The van der Waals surface area contributed by atoms with Crippen molar-refractivity contribution >= 4 is 22.5 Å². The Morgan fingerprint density at radius 1 is 1.10 bits per heavy atom. The molecule has 0 spiro atoms. The van der Waals surface area contributed by atoms with E-state index in [1.54, 1.807) is 24.3 Å². The van der Waals surface area contributed by atoms with E-state index in [-0.39, 0.29) is 21.9 Å². The molecule has 0 amide bonds. The Bertz CT molecular complexity index is 873. The van der Waals surface area contributed by atoms with Crippen LogP contribution in [0.5, 0.6) is 5.75 Å². The Labute approximate surface area is 118 Å². The number of aromatic amines is 1. The minimum atomic E-state index is -0.579. The number of H-pyrrole nitrogens is 1. The summed E-state index contributed by atoms with van der Waals surface area (Å²) in [5.74, 6) is -0.883. The smallest absolute Gasteiger partial charge is 0.248 e. The molecule has 100 valence electrons. The maximum Gasteiger partial charge on any atom is 0.248 e. The average Bonchev–Trinajstić information content (AvgIpc) is 2.42. The highest BCUT2D eigenvalue weighted by atomic mass is 35.5. The van der Waals surface area contributed by atoms with Crippen molar-refractivity contribution in [2.24, 2.45) is 0 Å². The first-order chi connectivity index (χ1) is 9.54. The van der Waals surface area contributed by atoms with E-state index in [1.165, 1.54) is 12.1 Å². The fraction of sp³-hybridized carbons (Fsp3) is 0. The number of hydrogen-bond acceptors (Lipinski definition) is 2. The number of aromatic hydroxyl groups is 1. The molecule has 3 nitrogen and oxygen atoms in total. The zero-order valence-electron chi connectivity index (χ0n) is 10.2. The lowest BCUT2D eigenvalue weighted by atomic mass is 10.0.